The Balaban J connectivity index is 2.26. The van der Waals surface area contributed by atoms with Gasteiger partial charge in [-0.3, -0.25) is 0 Å². The predicted molar refractivity (Wildman–Crippen MR) is 85.8 cm³/mol. The summed E-state index contributed by atoms with van der Waals surface area (Å²) in [5.74, 6) is 0. The van der Waals surface area contributed by atoms with Crippen LogP contribution in [-0.2, 0) is 0 Å². The third-order valence-corrected chi connectivity index (χ3v) is 6.00. The van der Waals surface area contributed by atoms with Crippen LogP contribution in [0.1, 0.15) is 17.5 Å². The van der Waals surface area contributed by atoms with E-state index >= 15 is 0 Å². The topological polar surface area (TPSA) is 0 Å². The van der Waals surface area contributed by atoms with E-state index in [1.807, 2.05) is 6.08 Å². The summed E-state index contributed by atoms with van der Waals surface area (Å²) < 4.78 is 2.97. The molecular weight excluding hydrogens is 344 g/mol. The minimum atomic E-state index is -0.326. The molecule has 0 aliphatic carbocycles. The molecule has 2 aromatic rings. The number of allylic oxidation sites excluding steroid dienone is 2. The van der Waals surface area contributed by atoms with Crippen molar-refractivity contribution in [1.29, 1.82) is 0 Å². The van der Waals surface area contributed by atoms with Crippen molar-refractivity contribution in [2.45, 2.75) is 13.3 Å². The molecule has 0 aliphatic heterocycles. The molecule has 0 radical (unpaired) electrons. The first-order valence-electron chi connectivity index (χ1n) is 6.40. The molecule has 0 aromatic heterocycles. The van der Waals surface area contributed by atoms with Crippen molar-refractivity contribution in [2.75, 3.05) is 0 Å². The van der Waals surface area contributed by atoms with Crippen molar-refractivity contribution >= 4 is 28.2 Å². The molecular formula is C18H18Te. The SMILES string of the molecule is C=CC/C=C(/[Te]c1ccccc1)c1ccc(C)cc1. The second-order valence-electron chi connectivity index (χ2n) is 4.37. The van der Waals surface area contributed by atoms with Gasteiger partial charge in [-0.2, -0.15) is 0 Å². The maximum atomic E-state index is 3.82. The Hall–Kier alpha value is -1.29. The van der Waals surface area contributed by atoms with Gasteiger partial charge in [-0.05, 0) is 0 Å². The van der Waals surface area contributed by atoms with Crippen molar-refractivity contribution in [3.05, 3.63) is 84.5 Å². The van der Waals surface area contributed by atoms with Crippen LogP contribution in [0.5, 0.6) is 0 Å². The fraction of sp³-hybridized carbons (Fsp3) is 0.111. The average Bonchev–Trinajstić information content (AvgIpc) is 2.45. The molecule has 2 aromatic carbocycles. The Morgan fingerprint density at radius 1 is 1.05 bits per heavy atom. The first kappa shape index (κ1) is 14.1. The second-order valence-corrected chi connectivity index (χ2v) is 7.56. The summed E-state index contributed by atoms with van der Waals surface area (Å²) in [6, 6.07) is 19.6. The molecule has 0 nitrogen and oxygen atoms in total. The predicted octanol–water partition coefficient (Wildman–Crippen LogP) is 3.94. The molecule has 0 amide bonds. The third-order valence-electron chi connectivity index (χ3n) is 2.78. The summed E-state index contributed by atoms with van der Waals surface area (Å²) in [7, 11) is 0. The van der Waals surface area contributed by atoms with Crippen LogP contribution in [0, 0.1) is 6.92 Å². The molecule has 0 saturated carbocycles. The maximum absolute atomic E-state index is 3.82. The number of hydrogen-bond acceptors (Lipinski definition) is 0. The van der Waals surface area contributed by atoms with Crippen LogP contribution in [0.2, 0.25) is 0 Å². The summed E-state index contributed by atoms with van der Waals surface area (Å²) in [4.78, 5) is 0. The first-order valence-corrected chi connectivity index (χ1v) is 8.73. The van der Waals surface area contributed by atoms with Gasteiger partial charge in [0.1, 0.15) is 0 Å². The van der Waals surface area contributed by atoms with Gasteiger partial charge in [0.25, 0.3) is 0 Å². The molecule has 2 rings (SSSR count). The summed E-state index contributed by atoms with van der Waals surface area (Å²) in [6.07, 6.45) is 5.24. The van der Waals surface area contributed by atoms with E-state index in [0.29, 0.717) is 0 Å². The van der Waals surface area contributed by atoms with Gasteiger partial charge in [-0.1, -0.05) is 0 Å². The molecule has 0 heterocycles. The fourth-order valence-electron chi connectivity index (χ4n) is 1.74. The van der Waals surface area contributed by atoms with Crippen LogP contribution in [0.4, 0.5) is 0 Å². The normalized spacial score (nSPS) is 11.3. The van der Waals surface area contributed by atoms with Gasteiger partial charge in [-0.25, -0.2) is 0 Å². The number of hydrogen-bond donors (Lipinski definition) is 0. The zero-order valence-electron chi connectivity index (χ0n) is 11.2. The Labute approximate surface area is 126 Å². The van der Waals surface area contributed by atoms with Crippen LogP contribution < -0.4 is 3.61 Å². The van der Waals surface area contributed by atoms with Gasteiger partial charge < -0.3 is 0 Å². The van der Waals surface area contributed by atoms with Crippen molar-refractivity contribution in [1.82, 2.24) is 0 Å². The molecule has 0 fully saturated rings. The van der Waals surface area contributed by atoms with Gasteiger partial charge in [0.15, 0.2) is 0 Å². The average molecular weight is 362 g/mol. The van der Waals surface area contributed by atoms with Crippen LogP contribution in [0.3, 0.4) is 0 Å². The van der Waals surface area contributed by atoms with Crippen molar-refractivity contribution in [3.8, 4) is 0 Å². The fourth-order valence-corrected chi connectivity index (χ4v) is 4.54. The van der Waals surface area contributed by atoms with Crippen LogP contribution in [-0.4, -0.2) is 20.9 Å². The molecule has 0 unspecified atom stereocenters. The molecule has 0 N–H and O–H groups in total. The monoisotopic (exact) mass is 364 g/mol. The first-order chi connectivity index (χ1) is 9.29. The number of aryl methyl sites for hydroxylation is 1. The van der Waals surface area contributed by atoms with Crippen molar-refractivity contribution in [2.24, 2.45) is 0 Å². The van der Waals surface area contributed by atoms with Crippen molar-refractivity contribution < 1.29 is 0 Å². The number of benzene rings is 2. The molecule has 0 atom stereocenters. The third kappa shape index (κ3) is 4.39. The summed E-state index contributed by atoms with van der Waals surface area (Å²) in [5.41, 5.74) is 2.67. The molecule has 96 valence electrons. The zero-order chi connectivity index (χ0) is 13.5. The Kier molecular flexibility index (Phi) is 5.45. The summed E-state index contributed by atoms with van der Waals surface area (Å²) in [6.45, 7) is 5.95. The molecule has 0 aliphatic rings. The zero-order valence-corrected chi connectivity index (χ0v) is 13.5. The Morgan fingerprint density at radius 3 is 2.37 bits per heavy atom. The summed E-state index contributed by atoms with van der Waals surface area (Å²) in [5, 5.41) is 0. The van der Waals surface area contributed by atoms with E-state index in [0.717, 1.165) is 6.42 Å². The van der Waals surface area contributed by atoms with E-state index in [4.69, 9.17) is 0 Å². The quantitative estimate of drug-likeness (QED) is 0.559. The van der Waals surface area contributed by atoms with Gasteiger partial charge in [0.05, 0.1) is 0 Å². The van der Waals surface area contributed by atoms with E-state index in [1.54, 1.807) is 0 Å². The molecule has 1 heteroatoms. The van der Waals surface area contributed by atoms with Crippen LogP contribution in [0.15, 0.2) is 73.3 Å². The van der Waals surface area contributed by atoms with Gasteiger partial charge >= 0.3 is 126 Å². The van der Waals surface area contributed by atoms with Crippen molar-refractivity contribution in [3.63, 3.8) is 0 Å². The number of rotatable bonds is 5. The Bertz CT molecular complexity index is 550. The summed E-state index contributed by atoms with van der Waals surface area (Å²) >= 11 is -0.326. The van der Waals surface area contributed by atoms with Gasteiger partial charge in [0, 0.05) is 0 Å². The van der Waals surface area contributed by atoms with Gasteiger partial charge in [-0.15, -0.1) is 0 Å². The van der Waals surface area contributed by atoms with E-state index in [9.17, 15) is 0 Å². The minimum absolute atomic E-state index is 0.326. The molecule has 19 heavy (non-hydrogen) atoms. The van der Waals surface area contributed by atoms with E-state index in [-0.39, 0.29) is 20.9 Å². The van der Waals surface area contributed by atoms with E-state index in [1.165, 1.54) is 18.4 Å². The van der Waals surface area contributed by atoms with Gasteiger partial charge in [0.2, 0.25) is 0 Å². The van der Waals surface area contributed by atoms with Crippen LogP contribution >= 0.6 is 0 Å². The molecule has 0 spiro atoms. The van der Waals surface area contributed by atoms with Crippen LogP contribution in [0.25, 0.3) is 3.62 Å². The second kappa shape index (κ2) is 7.34. The van der Waals surface area contributed by atoms with E-state index in [2.05, 4.69) is 74.2 Å². The van der Waals surface area contributed by atoms with E-state index < -0.39 is 0 Å². The molecule has 0 bridgehead atoms. The Morgan fingerprint density at radius 2 is 1.74 bits per heavy atom. The standard InChI is InChI=1S/C18H18Te/c1-3-4-10-18(16-13-11-15(2)12-14-16)19-17-8-6-5-7-9-17/h3,5-14H,1,4H2,2H3/b18-10+. The molecule has 0 saturated heterocycles.